The molecule has 0 aliphatic heterocycles. The molecule has 0 unspecified atom stereocenters. The lowest BCUT2D eigenvalue weighted by Gasteiger charge is -2.05. The molecule has 1 heterocycles. The number of halogens is 1. The van der Waals surface area contributed by atoms with E-state index in [4.69, 9.17) is 11.6 Å². The molecule has 0 fully saturated rings. The number of hydrogen-bond donors (Lipinski definition) is 1. The molecule has 5 nitrogen and oxygen atoms in total. The number of alkyl halides is 1. The number of sulfonamides is 1. The van der Waals surface area contributed by atoms with Gasteiger partial charge in [-0.2, -0.15) is 0 Å². The van der Waals surface area contributed by atoms with E-state index in [1.807, 2.05) is 24.3 Å². The summed E-state index contributed by atoms with van der Waals surface area (Å²) in [4.78, 5) is 3.82. The van der Waals surface area contributed by atoms with Crippen LogP contribution in [0.1, 0.15) is 11.1 Å². The Kier molecular flexibility index (Phi) is 4.24. The maximum absolute atomic E-state index is 12.0. The Balaban J connectivity index is 2.09. The molecule has 0 saturated carbocycles. The molecule has 0 aliphatic rings. The van der Waals surface area contributed by atoms with Crippen LogP contribution in [0.2, 0.25) is 0 Å². The zero-order valence-corrected chi connectivity index (χ0v) is 11.9. The van der Waals surface area contributed by atoms with Gasteiger partial charge in [-0.15, -0.1) is 11.6 Å². The predicted molar refractivity (Wildman–Crippen MR) is 73.2 cm³/mol. The van der Waals surface area contributed by atoms with E-state index < -0.39 is 10.0 Å². The fourth-order valence-electron chi connectivity index (χ4n) is 1.60. The van der Waals surface area contributed by atoms with Gasteiger partial charge in [-0.3, -0.25) is 0 Å². The fourth-order valence-corrected chi connectivity index (χ4v) is 2.76. The summed E-state index contributed by atoms with van der Waals surface area (Å²) in [6, 6.07) is 7.46. The Morgan fingerprint density at radius 2 is 2.11 bits per heavy atom. The number of aromatic nitrogens is 2. The molecule has 0 atom stereocenters. The first-order valence-corrected chi connectivity index (χ1v) is 7.64. The summed E-state index contributed by atoms with van der Waals surface area (Å²) in [5.74, 6) is 0.404. The largest absolute Gasteiger partial charge is 0.339 e. The van der Waals surface area contributed by atoms with Crippen molar-refractivity contribution in [1.82, 2.24) is 14.3 Å². The highest BCUT2D eigenvalue weighted by atomic mass is 35.5. The van der Waals surface area contributed by atoms with E-state index in [1.165, 1.54) is 12.5 Å². The summed E-state index contributed by atoms with van der Waals surface area (Å²) >= 11 is 5.74. The average molecular weight is 300 g/mol. The molecule has 1 aromatic carbocycles. The van der Waals surface area contributed by atoms with Crippen molar-refractivity contribution in [3.8, 4) is 0 Å². The number of aryl methyl sites for hydroxylation is 1. The van der Waals surface area contributed by atoms with E-state index in [2.05, 4.69) is 9.71 Å². The van der Waals surface area contributed by atoms with Gasteiger partial charge >= 0.3 is 0 Å². The van der Waals surface area contributed by atoms with Gasteiger partial charge in [-0.1, -0.05) is 24.3 Å². The number of imidazole rings is 1. The van der Waals surface area contributed by atoms with Crippen LogP contribution in [-0.2, 0) is 29.5 Å². The molecule has 102 valence electrons. The molecule has 2 rings (SSSR count). The number of nitrogens with zero attached hydrogens (tertiary/aromatic N) is 2. The molecule has 0 aliphatic carbocycles. The number of hydrogen-bond acceptors (Lipinski definition) is 3. The minimum absolute atomic E-state index is 0.0171. The van der Waals surface area contributed by atoms with Crippen molar-refractivity contribution < 1.29 is 8.42 Å². The quantitative estimate of drug-likeness (QED) is 0.854. The summed E-state index contributed by atoms with van der Waals surface area (Å²) in [5, 5.41) is 0.0171. The highest BCUT2D eigenvalue weighted by molar-refractivity contribution is 7.89. The van der Waals surface area contributed by atoms with E-state index in [0.717, 1.165) is 11.1 Å². The van der Waals surface area contributed by atoms with Gasteiger partial charge in [0.05, 0.1) is 6.33 Å². The van der Waals surface area contributed by atoms with Crippen molar-refractivity contribution in [2.75, 3.05) is 0 Å². The van der Waals surface area contributed by atoms with Crippen LogP contribution in [0.25, 0.3) is 0 Å². The molecule has 0 amide bonds. The van der Waals surface area contributed by atoms with Crippen LogP contribution >= 0.6 is 11.6 Å². The minimum Gasteiger partial charge on any atom is -0.339 e. The maximum Gasteiger partial charge on any atom is 0.259 e. The van der Waals surface area contributed by atoms with E-state index >= 15 is 0 Å². The van der Waals surface area contributed by atoms with Gasteiger partial charge in [0.25, 0.3) is 10.0 Å². The third-order valence-electron chi connectivity index (χ3n) is 2.57. The lowest BCUT2D eigenvalue weighted by molar-refractivity contribution is 0.578. The zero-order chi connectivity index (χ0) is 13.9. The monoisotopic (exact) mass is 299 g/mol. The molecule has 0 saturated heterocycles. The van der Waals surface area contributed by atoms with Crippen molar-refractivity contribution >= 4 is 21.6 Å². The topological polar surface area (TPSA) is 64.0 Å². The Morgan fingerprint density at radius 3 is 2.74 bits per heavy atom. The molecule has 1 aromatic heterocycles. The van der Waals surface area contributed by atoms with Gasteiger partial charge in [0.2, 0.25) is 0 Å². The molecule has 0 spiro atoms. The Morgan fingerprint density at radius 1 is 1.37 bits per heavy atom. The van der Waals surface area contributed by atoms with E-state index in [1.54, 1.807) is 11.6 Å². The van der Waals surface area contributed by atoms with Crippen LogP contribution in [0.5, 0.6) is 0 Å². The van der Waals surface area contributed by atoms with Crippen LogP contribution < -0.4 is 4.72 Å². The summed E-state index contributed by atoms with van der Waals surface area (Å²) < 4.78 is 28.0. The van der Waals surface area contributed by atoms with Crippen molar-refractivity contribution in [3.63, 3.8) is 0 Å². The predicted octanol–water partition coefficient (Wildman–Crippen LogP) is 1.64. The van der Waals surface area contributed by atoms with Gasteiger partial charge in [0.15, 0.2) is 5.03 Å². The van der Waals surface area contributed by atoms with Crippen LogP contribution in [0.4, 0.5) is 0 Å². The Hall–Kier alpha value is -1.37. The summed E-state index contributed by atoms with van der Waals surface area (Å²) in [6.07, 6.45) is 2.90. The van der Waals surface area contributed by atoms with Gasteiger partial charge in [-0.05, 0) is 11.1 Å². The molecule has 2 aromatic rings. The minimum atomic E-state index is -3.57. The summed E-state index contributed by atoms with van der Waals surface area (Å²) in [7, 11) is -1.85. The van der Waals surface area contributed by atoms with E-state index in [9.17, 15) is 8.42 Å². The SMILES string of the molecule is Cn1cnc(S(=O)(=O)NCc2cccc(CCl)c2)c1. The summed E-state index contributed by atoms with van der Waals surface area (Å²) in [5.41, 5.74) is 1.81. The third-order valence-corrected chi connectivity index (χ3v) is 4.16. The number of rotatable bonds is 5. The smallest absolute Gasteiger partial charge is 0.259 e. The van der Waals surface area contributed by atoms with Gasteiger partial charge in [-0.25, -0.2) is 18.1 Å². The molecule has 7 heteroatoms. The average Bonchev–Trinajstić information content (AvgIpc) is 2.84. The molecule has 0 radical (unpaired) electrons. The van der Waals surface area contributed by atoms with Crippen molar-refractivity contribution in [1.29, 1.82) is 0 Å². The van der Waals surface area contributed by atoms with Crippen LogP contribution in [0.3, 0.4) is 0 Å². The van der Waals surface area contributed by atoms with Crippen molar-refractivity contribution in [2.24, 2.45) is 7.05 Å². The third kappa shape index (κ3) is 3.56. The van der Waals surface area contributed by atoms with E-state index in [0.29, 0.717) is 5.88 Å². The number of nitrogens with one attached hydrogen (secondary N) is 1. The molecule has 19 heavy (non-hydrogen) atoms. The van der Waals surface area contributed by atoms with Crippen molar-refractivity contribution in [2.45, 2.75) is 17.5 Å². The molecule has 0 bridgehead atoms. The molecular formula is C12H14ClN3O2S. The van der Waals surface area contributed by atoms with Crippen LogP contribution in [0.15, 0.2) is 41.8 Å². The second kappa shape index (κ2) is 5.73. The zero-order valence-electron chi connectivity index (χ0n) is 10.4. The number of benzene rings is 1. The second-order valence-electron chi connectivity index (χ2n) is 4.16. The van der Waals surface area contributed by atoms with Crippen LogP contribution in [0, 0.1) is 0 Å². The van der Waals surface area contributed by atoms with Gasteiger partial charge in [0.1, 0.15) is 0 Å². The Bertz CT molecular complexity index is 667. The first kappa shape index (κ1) is 14.0. The normalized spacial score (nSPS) is 11.7. The standard InChI is InChI=1S/C12H14ClN3O2S/c1-16-8-12(14-9-16)19(17,18)15-7-11-4-2-3-10(5-11)6-13/h2-5,8-9,15H,6-7H2,1H3. The van der Waals surface area contributed by atoms with Gasteiger partial charge < -0.3 is 4.57 Å². The lowest BCUT2D eigenvalue weighted by atomic mass is 10.1. The van der Waals surface area contributed by atoms with E-state index in [-0.39, 0.29) is 11.6 Å². The van der Waals surface area contributed by atoms with Crippen molar-refractivity contribution in [3.05, 3.63) is 47.9 Å². The summed E-state index contributed by atoms with van der Waals surface area (Å²) in [6.45, 7) is 0.212. The molecule has 1 N–H and O–H groups in total. The van der Waals surface area contributed by atoms with Gasteiger partial charge in [0, 0.05) is 25.7 Å². The highest BCUT2D eigenvalue weighted by Gasteiger charge is 2.16. The second-order valence-corrected chi connectivity index (χ2v) is 6.14. The first-order chi connectivity index (χ1) is 9.01. The maximum atomic E-state index is 12.0. The van der Waals surface area contributed by atoms with Crippen LogP contribution in [-0.4, -0.2) is 18.0 Å². The Labute approximate surface area is 117 Å². The highest BCUT2D eigenvalue weighted by Crippen LogP contribution is 2.09. The molecular weight excluding hydrogens is 286 g/mol. The fraction of sp³-hybridized carbons (Fsp3) is 0.250. The first-order valence-electron chi connectivity index (χ1n) is 5.62. The lowest BCUT2D eigenvalue weighted by Crippen LogP contribution is -2.23.